The van der Waals surface area contributed by atoms with Crippen molar-refractivity contribution in [2.24, 2.45) is 0 Å². The van der Waals surface area contributed by atoms with Gasteiger partial charge in [0.15, 0.2) is 0 Å². The Balaban J connectivity index is 1.69. The lowest BCUT2D eigenvalue weighted by molar-refractivity contribution is -0.141. The fourth-order valence-corrected chi connectivity index (χ4v) is 2.58. The van der Waals surface area contributed by atoms with Crippen molar-refractivity contribution in [3.8, 4) is 5.88 Å². The number of piperazine rings is 1. The third kappa shape index (κ3) is 3.50. The van der Waals surface area contributed by atoms with Crippen molar-refractivity contribution >= 4 is 11.5 Å². The van der Waals surface area contributed by atoms with Gasteiger partial charge in [0.05, 0.1) is 7.11 Å². The van der Waals surface area contributed by atoms with Crippen LogP contribution in [0.5, 0.6) is 5.88 Å². The van der Waals surface area contributed by atoms with Gasteiger partial charge in [-0.05, 0) is 12.1 Å². The molecule has 0 amide bonds. The van der Waals surface area contributed by atoms with Crippen LogP contribution < -0.4 is 14.5 Å². The number of nitrogens with zero attached hydrogens (tertiary/aromatic N) is 5. The SMILES string of the molecule is COc1cc(N2CCN(c3ccnc(C(F)(F)F)c3)CC2)ncn1. The summed E-state index contributed by atoms with van der Waals surface area (Å²) in [5, 5.41) is 0. The molecule has 2 aromatic heterocycles. The van der Waals surface area contributed by atoms with E-state index in [2.05, 4.69) is 15.0 Å². The lowest BCUT2D eigenvalue weighted by Gasteiger charge is -2.36. The first-order valence-electron chi connectivity index (χ1n) is 7.36. The minimum Gasteiger partial charge on any atom is -0.481 e. The monoisotopic (exact) mass is 339 g/mol. The van der Waals surface area contributed by atoms with Crippen LogP contribution in [0.2, 0.25) is 0 Å². The topological polar surface area (TPSA) is 54.4 Å². The van der Waals surface area contributed by atoms with Crippen molar-refractivity contribution in [2.75, 3.05) is 43.1 Å². The van der Waals surface area contributed by atoms with Crippen LogP contribution in [0.4, 0.5) is 24.7 Å². The summed E-state index contributed by atoms with van der Waals surface area (Å²) in [6.07, 6.45) is -1.81. The van der Waals surface area contributed by atoms with E-state index in [-0.39, 0.29) is 0 Å². The van der Waals surface area contributed by atoms with E-state index < -0.39 is 11.9 Å². The number of rotatable bonds is 3. The van der Waals surface area contributed by atoms with Crippen LogP contribution in [-0.4, -0.2) is 48.2 Å². The van der Waals surface area contributed by atoms with Gasteiger partial charge in [-0.1, -0.05) is 0 Å². The van der Waals surface area contributed by atoms with Gasteiger partial charge in [-0.3, -0.25) is 4.98 Å². The molecule has 0 atom stereocenters. The lowest BCUT2D eigenvalue weighted by Crippen LogP contribution is -2.46. The molecule has 1 saturated heterocycles. The summed E-state index contributed by atoms with van der Waals surface area (Å²) in [4.78, 5) is 15.5. The number of ether oxygens (including phenoxy) is 1. The molecule has 9 heteroatoms. The first-order chi connectivity index (χ1) is 11.5. The van der Waals surface area contributed by atoms with Gasteiger partial charge in [0.2, 0.25) is 5.88 Å². The average Bonchev–Trinajstić information content (AvgIpc) is 2.61. The molecule has 2 aromatic rings. The molecule has 0 aliphatic carbocycles. The molecule has 0 saturated carbocycles. The summed E-state index contributed by atoms with van der Waals surface area (Å²) in [5.41, 5.74) is -0.347. The molecule has 0 unspecified atom stereocenters. The lowest BCUT2D eigenvalue weighted by atomic mass is 10.2. The molecule has 6 nitrogen and oxygen atoms in total. The number of halogens is 3. The smallest absolute Gasteiger partial charge is 0.433 e. The van der Waals surface area contributed by atoms with Crippen molar-refractivity contribution in [2.45, 2.75) is 6.18 Å². The van der Waals surface area contributed by atoms with Crippen LogP contribution in [-0.2, 0) is 6.18 Å². The zero-order valence-corrected chi connectivity index (χ0v) is 13.0. The minimum absolute atomic E-state index is 0.478. The zero-order chi connectivity index (χ0) is 17.2. The van der Waals surface area contributed by atoms with E-state index in [0.29, 0.717) is 37.7 Å². The Bertz CT molecular complexity index is 702. The predicted octanol–water partition coefficient (Wildman–Crippen LogP) is 2.23. The van der Waals surface area contributed by atoms with Gasteiger partial charge in [0.1, 0.15) is 17.8 Å². The predicted molar refractivity (Wildman–Crippen MR) is 82.2 cm³/mol. The molecule has 0 aromatic carbocycles. The van der Waals surface area contributed by atoms with Crippen LogP contribution in [0, 0.1) is 0 Å². The van der Waals surface area contributed by atoms with Gasteiger partial charge in [0.25, 0.3) is 0 Å². The molecular weight excluding hydrogens is 323 g/mol. The van der Waals surface area contributed by atoms with Crippen molar-refractivity contribution in [3.63, 3.8) is 0 Å². The summed E-state index contributed by atoms with van der Waals surface area (Å²) in [5.74, 6) is 1.22. The maximum atomic E-state index is 12.8. The third-order valence-corrected chi connectivity index (χ3v) is 3.84. The highest BCUT2D eigenvalue weighted by Crippen LogP contribution is 2.30. The highest BCUT2D eigenvalue weighted by molar-refractivity contribution is 5.50. The van der Waals surface area contributed by atoms with Crippen molar-refractivity contribution in [1.82, 2.24) is 15.0 Å². The second-order valence-electron chi connectivity index (χ2n) is 5.29. The molecule has 0 N–H and O–H groups in total. The van der Waals surface area contributed by atoms with E-state index in [1.807, 2.05) is 9.80 Å². The Morgan fingerprint density at radius 2 is 1.71 bits per heavy atom. The third-order valence-electron chi connectivity index (χ3n) is 3.84. The number of hydrogen-bond donors (Lipinski definition) is 0. The first kappa shape index (κ1) is 16.3. The summed E-state index contributed by atoms with van der Waals surface area (Å²) in [7, 11) is 1.53. The van der Waals surface area contributed by atoms with Crippen LogP contribution in [0.15, 0.2) is 30.7 Å². The summed E-state index contributed by atoms with van der Waals surface area (Å²) in [6, 6.07) is 4.42. The summed E-state index contributed by atoms with van der Waals surface area (Å²) in [6.45, 7) is 2.47. The zero-order valence-electron chi connectivity index (χ0n) is 13.0. The molecule has 1 aliphatic rings. The molecule has 24 heavy (non-hydrogen) atoms. The molecule has 3 heterocycles. The highest BCUT2D eigenvalue weighted by atomic mass is 19.4. The van der Waals surface area contributed by atoms with E-state index in [1.54, 1.807) is 12.1 Å². The largest absolute Gasteiger partial charge is 0.481 e. The van der Waals surface area contributed by atoms with Gasteiger partial charge < -0.3 is 14.5 Å². The van der Waals surface area contributed by atoms with Gasteiger partial charge in [-0.25, -0.2) is 9.97 Å². The van der Waals surface area contributed by atoms with Gasteiger partial charge in [-0.2, -0.15) is 13.2 Å². The Morgan fingerprint density at radius 3 is 2.38 bits per heavy atom. The van der Waals surface area contributed by atoms with E-state index in [0.717, 1.165) is 11.9 Å². The molecule has 3 rings (SSSR count). The summed E-state index contributed by atoms with van der Waals surface area (Å²) >= 11 is 0. The average molecular weight is 339 g/mol. The number of anilines is 2. The Hall–Kier alpha value is -2.58. The Kier molecular flexibility index (Phi) is 4.41. The maximum Gasteiger partial charge on any atom is 0.433 e. The molecule has 0 radical (unpaired) electrons. The Morgan fingerprint density at radius 1 is 1.00 bits per heavy atom. The maximum absolute atomic E-state index is 12.8. The number of aromatic nitrogens is 3. The van der Waals surface area contributed by atoms with Crippen molar-refractivity contribution in [1.29, 1.82) is 0 Å². The molecule has 0 bridgehead atoms. The molecule has 1 fully saturated rings. The fourth-order valence-electron chi connectivity index (χ4n) is 2.58. The second-order valence-corrected chi connectivity index (χ2v) is 5.29. The number of alkyl halides is 3. The fraction of sp³-hybridized carbons (Fsp3) is 0.400. The van der Waals surface area contributed by atoms with Crippen LogP contribution in [0.1, 0.15) is 5.69 Å². The van der Waals surface area contributed by atoms with Gasteiger partial charge in [0, 0.05) is 44.1 Å². The van der Waals surface area contributed by atoms with Crippen molar-refractivity contribution in [3.05, 3.63) is 36.4 Å². The first-order valence-corrected chi connectivity index (χ1v) is 7.36. The molecule has 128 valence electrons. The number of methoxy groups -OCH3 is 1. The van der Waals surface area contributed by atoms with Crippen LogP contribution in [0.3, 0.4) is 0 Å². The highest BCUT2D eigenvalue weighted by Gasteiger charge is 2.33. The molecular formula is C15H16F3N5O. The minimum atomic E-state index is -4.44. The van der Waals surface area contributed by atoms with E-state index >= 15 is 0 Å². The second kappa shape index (κ2) is 6.50. The van der Waals surface area contributed by atoms with Gasteiger partial charge >= 0.3 is 6.18 Å². The van der Waals surface area contributed by atoms with Crippen molar-refractivity contribution < 1.29 is 17.9 Å². The van der Waals surface area contributed by atoms with E-state index in [1.165, 1.54) is 19.6 Å². The number of hydrogen-bond acceptors (Lipinski definition) is 6. The normalized spacial score (nSPS) is 15.5. The Labute approximate surface area is 136 Å². The van der Waals surface area contributed by atoms with E-state index in [4.69, 9.17) is 4.74 Å². The van der Waals surface area contributed by atoms with Crippen LogP contribution in [0.25, 0.3) is 0 Å². The van der Waals surface area contributed by atoms with Gasteiger partial charge in [-0.15, -0.1) is 0 Å². The molecule has 0 spiro atoms. The number of pyridine rings is 1. The van der Waals surface area contributed by atoms with Crippen LogP contribution >= 0.6 is 0 Å². The standard InChI is InChI=1S/C15H16F3N5O/c1-24-14-9-13(20-10-21-14)23-6-4-22(5-7-23)11-2-3-19-12(8-11)15(16,17)18/h2-3,8-10H,4-7H2,1H3. The quantitative estimate of drug-likeness (QED) is 0.855. The summed E-state index contributed by atoms with van der Waals surface area (Å²) < 4.78 is 43.4. The molecule has 1 aliphatic heterocycles. The van der Waals surface area contributed by atoms with E-state index in [9.17, 15) is 13.2 Å².